The Labute approximate surface area is 175 Å². The van der Waals surface area contributed by atoms with Crippen molar-refractivity contribution in [1.29, 1.82) is 0 Å². The molecule has 2 aromatic rings. The molecule has 2 saturated heterocycles. The Morgan fingerprint density at radius 2 is 2.07 bits per heavy atom. The topological polar surface area (TPSA) is 65.5 Å². The molecule has 2 amide bonds. The number of hydrogen-bond donors (Lipinski definition) is 1. The van der Waals surface area contributed by atoms with Crippen molar-refractivity contribution >= 4 is 41.5 Å². The van der Waals surface area contributed by atoms with Gasteiger partial charge in [0.25, 0.3) is 0 Å². The van der Waals surface area contributed by atoms with E-state index < -0.39 is 5.92 Å². The second kappa shape index (κ2) is 8.90. The largest absolute Gasteiger partial charge is 0.332 e. The van der Waals surface area contributed by atoms with Gasteiger partial charge in [-0.15, -0.1) is 12.4 Å². The first-order valence-corrected chi connectivity index (χ1v) is 9.51. The second-order valence-corrected chi connectivity index (χ2v) is 7.29. The predicted octanol–water partition coefficient (Wildman–Crippen LogP) is 2.68. The van der Waals surface area contributed by atoms with Crippen LogP contribution in [0.1, 0.15) is 18.0 Å². The van der Waals surface area contributed by atoms with Gasteiger partial charge in [-0.25, -0.2) is 0 Å². The molecule has 1 aromatic heterocycles. The number of hydrogen-bond acceptors (Lipinski definition) is 4. The summed E-state index contributed by atoms with van der Waals surface area (Å²) in [5.74, 6) is -0.883. The molecule has 148 valence electrons. The third kappa shape index (κ3) is 3.99. The predicted molar refractivity (Wildman–Crippen MR) is 111 cm³/mol. The lowest BCUT2D eigenvalue weighted by molar-refractivity contribution is -0.142. The first kappa shape index (κ1) is 20.6. The number of carbonyl (C=O) groups is 2. The van der Waals surface area contributed by atoms with E-state index in [1.165, 1.54) is 0 Å². The molecule has 1 N–H and O–H groups in total. The molecule has 6 nitrogen and oxygen atoms in total. The van der Waals surface area contributed by atoms with Gasteiger partial charge >= 0.3 is 0 Å². The number of pyridine rings is 1. The highest BCUT2D eigenvalue weighted by Crippen LogP contribution is 2.31. The van der Waals surface area contributed by atoms with Crippen LogP contribution < -0.4 is 10.2 Å². The van der Waals surface area contributed by atoms with E-state index in [1.54, 1.807) is 29.4 Å². The van der Waals surface area contributed by atoms with Crippen LogP contribution >= 0.6 is 24.0 Å². The number of nitrogens with zero attached hydrogens (tertiary/aromatic N) is 3. The van der Waals surface area contributed by atoms with Gasteiger partial charge in [-0.3, -0.25) is 14.6 Å². The molecule has 2 unspecified atom stereocenters. The van der Waals surface area contributed by atoms with Crippen LogP contribution in [0.25, 0.3) is 0 Å². The average molecular weight is 421 g/mol. The van der Waals surface area contributed by atoms with E-state index in [2.05, 4.69) is 10.3 Å². The van der Waals surface area contributed by atoms with E-state index in [-0.39, 0.29) is 30.3 Å². The minimum absolute atomic E-state index is 0. The molecule has 28 heavy (non-hydrogen) atoms. The smallest absolute Gasteiger partial charge is 0.239 e. The van der Waals surface area contributed by atoms with Crippen LogP contribution in [-0.2, 0) is 9.59 Å². The summed E-state index contributed by atoms with van der Waals surface area (Å²) in [7, 11) is 0. The van der Waals surface area contributed by atoms with E-state index in [4.69, 9.17) is 11.6 Å². The molecule has 3 heterocycles. The highest BCUT2D eigenvalue weighted by atomic mass is 35.5. The van der Waals surface area contributed by atoms with Crippen molar-refractivity contribution in [2.75, 3.05) is 31.1 Å². The quantitative estimate of drug-likeness (QED) is 0.775. The minimum Gasteiger partial charge on any atom is -0.332 e. The number of benzene rings is 1. The molecule has 4 rings (SSSR count). The van der Waals surface area contributed by atoms with Gasteiger partial charge in [-0.05, 0) is 36.2 Å². The van der Waals surface area contributed by atoms with Gasteiger partial charge in [0, 0.05) is 49.3 Å². The summed E-state index contributed by atoms with van der Waals surface area (Å²) in [5, 5.41) is 3.91. The number of piperazine rings is 1. The van der Waals surface area contributed by atoms with Gasteiger partial charge < -0.3 is 15.1 Å². The standard InChI is InChI=1S/C20H21ClN4O2.ClH/c21-15-4-1-5-16(11-15)24-9-6-17(19(24)26)20(27)25-10-8-23-13-18(25)14-3-2-7-22-12-14;/h1-5,7,11-12,17-18,23H,6,8-10,13H2;1H. The Morgan fingerprint density at radius 1 is 1.21 bits per heavy atom. The van der Waals surface area contributed by atoms with Crippen LogP contribution in [0.4, 0.5) is 5.69 Å². The SMILES string of the molecule is Cl.O=C1C(C(=O)N2CCNCC2c2cccnc2)CCN1c1cccc(Cl)c1. The highest BCUT2D eigenvalue weighted by Gasteiger charge is 2.42. The first-order valence-electron chi connectivity index (χ1n) is 9.13. The zero-order valence-corrected chi connectivity index (χ0v) is 16.8. The number of nitrogens with one attached hydrogen (secondary N) is 1. The normalized spacial score (nSPS) is 22.1. The molecule has 2 atom stereocenters. The maximum Gasteiger partial charge on any atom is 0.239 e. The summed E-state index contributed by atoms with van der Waals surface area (Å²) < 4.78 is 0. The molecule has 2 fully saturated rings. The van der Waals surface area contributed by atoms with Crippen molar-refractivity contribution in [1.82, 2.24) is 15.2 Å². The molecule has 0 aliphatic carbocycles. The van der Waals surface area contributed by atoms with E-state index in [9.17, 15) is 9.59 Å². The van der Waals surface area contributed by atoms with E-state index >= 15 is 0 Å². The number of carbonyl (C=O) groups excluding carboxylic acids is 2. The Kier molecular flexibility index (Phi) is 6.54. The number of aromatic nitrogens is 1. The Balaban J connectivity index is 0.00000225. The first-order chi connectivity index (χ1) is 13.1. The van der Waals surface area contributed by atoms with Crippen molar-refractivity contribution in [3.05, 3.63) is 59.4 Å². The Morgan fingerprint density at radius 3 is 2.82 bits per heavy atom. The van der Waals surface area contributed by atoms with Crippen molar-refractivity contribution in [3.63, 3.8) is 0 Å². The molecule has 0 saturated carbocycles. The zero-order valence-electron chi connectivity index (χ0n) is 15.3. The average Bonchev–Trinajstić information content (AvgIpc) is 3.09. The summed E-state index contributed by atoms with van der Waals surface area (Å²) in [5.41, 5.74) is 1.72. The third-order valence-corrected chi connectivity index (χ3v) is 5.45. The maximum absolute atomic E-state index is 13.2. The lowest BCUT2D eigenvalue weighted by Gasteiger charge is -2.37. The van der Waals surface area contributed by atoms with Crippen LogP contribution in [0.5, 0.6) is 0 Å². The van der Waals surface area contributed by atoms with Gasteiger partial charge in [0.15, 0.2) is 0 Å². The van der Waals surface area contributed by atoms with E-state index in [1.807, 2.05) is 29.2 Å². The summed E-state index contributed by atoms with van der Waals surface area (Å²) in [4.78, 5) is 33.9. The van der Waals surface area contributed by atoms with E-state index in [0.717, 1.165) is 17.8 Å². The molecule has 2 aliphatic rings. The van der Waals surface area contributed by atoms with Gasteiger partial charge in [-0.2, -0.15) is 0 Å². The minimum atomic E-state index is -0.638. The van der Waals surface area contributed by atoms with Crippen LogP contribution in [0.3, 0.4) is 0 Å². The van der Waals surface area contributed by atoms with Crippen LogP contribution in [0.15, 0.2) is 48.8 Å². The second-order valence-electron chi connectivity index (χ2n) is 6.85. The fourth-order valence-corrected chi connectivity index (χ4v) is 4.03. The monoisotopic (exact) mass is 420 g/mol. The molecule has 2 aliphatic heterocycles. The van der Waals surface area contributed by atoms with Gasteiger partial charge in [-0.1, -0.05) is 23.7 Å². The molecular weight excluding hydrogens is 399 g/mol. The molecule has 0 bridgehead atoms. The van der Waals surface area contributed by atoms with Crippen LogP contribution in [-0.4, -0.2) is 47.9 Å². The van der Waals surface area contributed by atoms with Crippen LogP contribution in [0, 0.1) is 5.92 Å². The van der Waals surface area contributed by atoms with Crippen molar-refractivity contribution in [2.24, 2.45) is 5.92 Å². The number of anilines is 1. The maximum atomic E-state index is 13.2. The highest BCUT2D eigenvalue weighted by molar-refractivity contribution is 6.31. The lowest BCUT2D eigenvalue weighted by Crippen LogP contribution is -2.51. The molecule has 0 spiro atoms. The van der Waals surface area contributed by atoms with Gasteiger partial charge in [0.2, 0.25) is 11.8 Å². The third-order valence-electron chi connectivity index (χ3n) is 5.22. The van der Waals surface area contributed by atoms with Crippen molar-refractivity contribution in [3.8, 4) is 0 Å². The van der Waals surface area contributed by atoms with Gasteiger partial charge in [0.05, 0.1) is 6.04 Å². The van der Waals surface area contributed by atoms with Crippen molar-refractivity contribution in [2.45, 2.75) is 12.5 Å². The summed E-state index contributed by atoms with van der Waals surface area (Å²) in [6.45, 7) is 2.50. The zero-order chi connectivity index (χ0) is 18.8. The summed E-state index contributed by atoms with van der Waals surface area (Å²) >= 11 is 6.05. The summed E-state index contributed by atoms with van der Waals surface area (Å²) in [6.07, 6.45) is 4.02. The number of amides is 2. The van der Waals surface area contributed by atoms with E-state index in [0.29, 0.717) is 31.1 Å². The molecule has 0 radical (unpaired) electrons. The summed E-state index contributed by atoms with van der Waals surface area (Å²) in [6, 6.07) is 10.9. The van der Waals surface area contributed by atoms with Gasteiger partial charge in [0.1, 0.15) is 5.92 Å². The molecular formula is C20H22Cl2N4O2. The van der Waals surface area contributed by atoms with Crippen molar-refractivity contribution < 1.29 is 9.59 Å². The lowest BCUT2D eigenvalue weighted by atomic mass is 10.0. The molecule has 8 heteroatoms. The Hall–Kier alpha value is -2.15. The number of rotatable bonds is 3. The Bertz CT molecular complexity index is 849. The number of halogens is 2. The van der Waals surface area contributed by atoms with Crippen LogP contribution in [0.2, 0.25) is 5.02 Å². The fourth-order valence-electron chi connectivity index (χ4n) is 3.85. The fraction of sp³-hybridized carbons (Fsp3) is 0.350. The molecule has 1 aromatic carbocycles.